The highest BCUT2D eigenvalue weighted by Crippen LogP contribution is 1.88. The van der Waals surface area contributed by atoms with Crippen molar-refractivity contribution in [2.75, 3.05) is 13.1 Å². The molecule has 0 atom stereocenters. The van der Waals surface area contributed by atoms with Crippen LogP contribution >= 0.6 is 0 Å². The van der Waals surface area contributed by atoms with Crippen LogP contribution in [0.15, 0.2) is 6.33 Å². The number of carbonyl (C=O) groups excluding carboxylic acids is 1. The molecule has 6 nitrogen and oxygen atoms in total. The SMILES string of the molecule is Cn1cnc(CCNC(=O)CCN)n1. The van der Waals surface area contributed by atoms with Crippen LogP contribution in [0.1, 0.15) is 12.2 Å². The van der Waals surface area contributed by atoms with Gasteiger partial charge in [-0.2, -0.15) is 5.10 Å². The highest BCUT2D eigenvalue weighted by molar-refractivity contribution is 5.75. The van der Waals surface area contributed by atoms with Gasteiger partial charge in [-0.3, -0.25) is 9.48 Å². The second-order valence-corrected chi connectivity index (χ2v) is 2.97. The van der Waals surface area contributed by atoms with Gasteiger partial charge < -0.3 is 11.1 Å². The third-order valence-electron chi connectivity index (χ3n) is 1.69. The average molecular weight is 197 g/mol. The van der Waals surface area contributed by atoms with E-state index in [2.05, 4.69) is 15.4 Å². The monoisotopic (exact) mass is 197 g/mol. The lowest BCUT2D eigenvalue weighted by molar-refractivity contribution is -0.120. The Hall–Kier alpha value is -1.43. The number of carbonyl (C=O) groups is 1. The molecule has 0 saturated heterocycles. The van der Waals surface area contributed by atoms with Crippen molar-refractivity contribution in [3.8, 4) is 0 Å². The van der Waals surface area contributed by atoms with Crippen LogP contribution in [-0.4, -0.2) is 33.8 Å². The van der Waals surface area contributed by atoms with E-state index in [-0.39, 0.29) is 5.91 Å². The number of aromatic nitrogens is 3. The zero-order chi connectivity index (χ0) is 10.4. The molecule has 1 rings (SSSR count). The van der Waals surface area contributed by atoms with E-state index in [9.17, 15) is 4.79 Å². The molecule has 1 heterocycles. The van der Waals surface area contributed by atoms with Crippen molar-refractivity contribution in [1.82, 2.24) is 20.1 Å². The van der Waals surface area contributed by atoms with Crippen molar-refractivity contribution in [3.63, 3.8) is 0 Å². The fourth-order valence-corrected chi connectivity index (χ4v) is 1.03. The lowest BCUT2D eigenvalue weighted by Gasteiger charge is -2.01. The summed E-state index contributed by atoms with van der Waals surface area (Å²) >= 11 is 0. The van der Waals surface area contributed by atoms with Crippen molar-refractivity contribution in [2.24, 2.45) is 12.8 Å². The molecule has 0 saturated carbocycles. The quantitative estimate of drug-likeness (QED) is 0.622. The van der Waals surface area contributed by atoms with Gasteiger partial charge in [0.2, 0.25) is 5.91 Å². The molecule has 0 unspecified atom stereocenters. The predicted octanol–water partition coefficient (Wildman–Crippen LogP) is -1.18. The molecule has 0 aliphatic rings. The molecule has 1 amide bonds. The third kappa shape index (κ3) is 3.53. The Balaban J connectivity index is 2.18. The Kier molecular flexibility index (Phi) is 4.06. The van der Waals surface area contributed by atoms with Gasteiger partial charge in [0.25, 0.3) is 0 Å². The van der Waals surface area contributed by atoms with Crippen LogP contribution in [0.2, 0.25) is 0 Å². The Morgan fingerprint density at radius 2 is 2.50 bits per heavy atom. The smallest absolute Gasteiger partial charge is 0.221 e. The summed E-state index contributed by atoms with van der Waals surface area (Å²) < 4.78 is 1.64. The van der Waals surface area contributed by atoms with E-state index in [4.69, 9.17) is 5.73 Å². The number of amides is 1. The van der Waals surface area contributed by atoms with E-state index < -0.39 is 0 Å². The fourth-order valence-electron chi connectivity index (χ4n) is 1.03. The Labute approximate surface area is 82.5 Å². The first kappa shape index (κ1) is 10.6. The number of hydrogen-bond acceptors (Lipinski definition) is 4. The molecule has 0 spiro atoms. The Morgan fingerprint density at radius 1 is 1.71 bits per heavy atom. The summed E-state index contributed by atoms with van der Waals surface area (Å²) in [6.07, 6.45) is 2.66. The van der Waals surface area contributed by atoms with Crippen LogP contribution < -0.4 is 11.1 Å². The predicted molar refractivity (Wildman–Crippen MR) is 51.4 cm³/mol. The normalized spacial score (nSPS) is 10.1. The highest BCUT2D eigenvalue weighted by atomic mass is 16.1. The van der Waals surface area contributed by atoms with Crippen LogP contribution in [0, 0.1) is 0 Å². The summed E-state index contributed by atoms with van der Waals surface area (Å²) in [5.41, 5.74) is 5.23. The lowest BCUT2D eigenvalue weighted by Crippen LogP contribution is -2.27. The van der Waals surface area contributed by atoms with Gasteiger partial charge in [-0.1, -0.05) is 0 Å². The van der Waals surface area contributed by atoms with Gasteiger partial charge in [0.15, 0.2) is 5.82 Å². The van der Waals surface area contributed by atoms with Gasteiger partial charge >= 0.3 is 0 Å². The summed E-state index contributed by atoms with van der Waals surface area (Å²) in [5.74, 6) is 0.712. The van der Waals surface area contributed by atoms with Crippen molar-refractivity contribution >= 4 is 5.91 Å². The molecule has 3 N–H and O–H groups in total. The number of rotatable bonds is 5. The molecule has 0 aliphatic carbocycles. The van der Waals surface area contributed by atoms with Crippen molar-refractivity contribution in [3.05, 3.63) is 12.2 Å². The van der Waals surface area contributed by atoms with E-state index in [0.29, 0.717) is 25.9 Å². The molecule has 0 aliphatic heterocycles. The van der Waals surface area contributed by atoms with Crippen molar-refractivity contribution in [1.29, 1.82) is 0 Å². The van der Waals surface area contributed by atoms with Crippen molar-refractivity contribution in [2.45, 2.75) is 12.8 Å². The van der Waals surface area contributed by atoms with Gasteiger partial charge in [0, 0.05) is 33.0 Å². The maximum atomic E-state index is 11.0. The first-order valence-electron chi connectivity index (χ1n) is 4.53. The summed E-state index contributed by atoms with van der Waals surface area (Å²) in [6.45, 7) is 0.941. The van der Waals surface area contributed by atoms with E-state index in [1.165, 1.54) is 0 Å². The van der Waals surface area contributed by atoms with Crippen LogP contribution in [0.5, 0.6) is 0 Å². The summed E-state index contributed by atoms with van der Waals surface area (Å²) in [4.78, 5) is 15.0. The van der Waals surface area contributed by atoms with Crippen LogP contribution in [0.25, 0.3) is 0 Å². The Morgan fingerprint density at radius 3 is 3.07 bits per heavy atom. The van der Waals surface area contributed by atoms with Crippen LogP contribution in [0.3, 0.4) is 0 Å². The lowest BCUT2D eigenvalue weighted by atomic mass is 10.3. The number of nitrogens with one attached hydrogen (secondary N) is 1. The first-order valence-corrected chi connectivity index (χ1v) is 4.53. The number of aryl methyl sites for hydroxylation is 1. The second kappa shape index (κ2) is 5.33. The summed E-state index contributed by atoms with van der Waals surface area (Å²) in [6, 6.07) is 0. The van der Waals surface area contributed by atoms with Crippen molar-refractivity contribution < 1.29 is 4.79 Å². The average Bonchev–Trinajstić information content (AvgIpc) is 2.52. The summed E-state index contributed by atoms with van der Waals surface area (Å²) in [5, 5.41) is 6.82. The first-order chi connectivity index (χ1) is 6.72. The minimum absolute atomic E-state index is 0.0246. The molecular weight excluding hydrogens is 182 g/mol. The molecule has 1 aromatic heterocycles. The summed E-state index contributed by atoms with van der Waals surface area (Å²) in [7, 11) is 1.81. The largest absolute Gasteiger partial charge is 0.356 e. The molecule has 0 radical (unpaired) electrons. The minimum Gasteiger partial charge on any atom is -0.356 e. The molecule has 0 bridgehead atoms. The maximum Gasteiger partial charge on any atom is 0.221 e. The standard InChI is InChI=1S/C8H15N5O/c1-13-6-11-7(12-13)3-5-10-8(14)2-4-9/h6H,2-5,9H2,1H3,(H,10,14). The van der Waals surface area contributed by atoms with Gasteiger partial charge in [-0.05, 0) is 0 Å². The van der Waals surface area contributed by atoms with Gasteiger partial charge in [0.1, 0.15) is 6.33 Å². The second-order valence-electron chi connectivity index (χ2n) is 2.97. The Bertz CT molecular complexity index is 296. The number of hydrogen-bond donors (Lipinski definition) is 2. The fraction of sp³-hybridized carbons (Fsp3) is 0.625. The molecule has 1 aromatic rings. The van der Waals surface area contributed by atoms with Crippen LogP contribution in [-0.2, 0) is 18.3 Å². The molecule has 0 fully saturated rings. The van der Waals surface area contributed by atoms with Crippen LogP contribution in [0.4, 0.5) is 0 Å². The number of nitrogens with two attached hydrogens (primary N) is 1. The zero-order valence-corrected chi connectivity index (χ0v) is 8.23. The van der Waals surface area contributed by atoms with Gasteiger partial charge in [-0.25, -0.2) is 4.98 Å². The molecular formula is C8H15N5O. The van der Waals surface area contributed by atoms with E-state index in [1.54, 1.807) is 11.0 Å². The van der Waals surface area contributed by atoms with Gasteiger partial charge in [-0.15, -0.1) is 0 Å². The van der Waals surface area contributed by atoms with E-state index >= 15 is 0 Å². The molecule has 78 valence electrons. The van der Waals surface area contributed by atoms with E-state index in [0.717, 1.165) is 5.82 Å². The molecule has 6 heteroatoms. The minimum atomic E-state index is -0.0246. The van der Waals surface area contributed by atoms with Gasteiger partial charge in [0.05, 0.1) is 0 Å². The van der Waals surface area contributed by atoms with E-state index in [1.807, 2.05) is 7.05 Å². The number of nitrogens with zero attached hydrogens (tertiary/aromatic N) is 3. The highest BCUT2D eigenvalue weighted by Gasteiger charge is 2.01. The topological polar surface area (TPSA) is 85.8 Å². The zero-order valence-electron chi connectivity index (χ0n) is 8.23. The molecule has 14 heavy (non-hydrogen) atoms. The maximum absolute atomic E-state index is 11.0. The third-order valence-corrected chi connectivity index (χ3v) is 1.69. The molecule has 0 aromatic carbocycles.